The zero-order valence-corrected chi connectivity index (χ0v) is 18.7. The fraction of sp³-hybridized carbons (Fsp3) is 0.190. The van der Waals surface area contributed by atoms with E-state index < -0.39 is 11.9 Å². The van der Waals surface area contributed by atoms with E-state index in [9.17, 15) is 9.18 Å². The standard InChI is InChI=1S/C21H18ClFN6O2S/c1-3-19-26-27-28-29(19)15-8-13(17-5-4-14(23)10-18(17)22)9-16(11-15)31-21(30)25-12(2)20-24-6-7-32-20/h4-12H,3H2,1-2H3,(H,25,30). The van der Waals surface area contributed by atoms with Crippen LogP contribution in [-0.4, -0.2) is 31.3 Å². The van der Waals surface area contributed by atoms with Crippen molar-refractivity contribution < 1.29 is 13.9 Å². The molecule has 0 radical (unpaired) electrons. The van der Waals surface area contributed by atoms with E-state index in [2.05, 4.69) is 25.8 Å². The summed E-state index contributed by atoms with van der Waals surface area (Å²) in [5.74, 6) is 0.426. The molecule has 1 atom stereocenters. The Morgan fingerprint density at radius 2 is 2.16 bits per heavy atom. The van der Waals surface area contributed by atoms with Crippen molar-refractivity contribution in [1.29, 1.82) is 0 Å². The summed E-state index contributed by atoms with van der Waals surface area (Å²) in [6.45, 7) is 3.74. The van der Waals surface area contributed by atoms with Gasteiger partial charge in [-0.25, -0.2) is 14.2 Å². The van der Waals surface area contributed by atoms with E-state index in [0.29, 0.717) is 29.1 Å². The number of carbonyl (C=O) groups is 1. The fourth-order valence-corrected chi connectivity index (χ4v) is 4.02. The lowest BCUT2D eigenvalue weighted by Crippen LogP contribution is -2.29. The van der Waals surface area contributed by atoms with Crippen LogP contribution in [0, 0.1) is 5.82 Å². The monoisotopic (exact) mass is 472 g/mol. The number of aromatic nitrogens is 5. The minimum Gasteiger partial charge on any atom is -0.410 e. The molecule has 0 spiro atoms. The van der Waals surface area contributed by atoms with E-state index >= 15 is 0 Å². The topological polar surface area (TPSA) is 94.8 Å². The van der Waals surface area contributed by atoms with Crippen LogP contribution in [0.15, 0.2) is 48.0 Å². The van der Waals surface area contributed by atoms with Gasteiger partial charge in [-0.1, -0.05) is 18.5 Å². The number of aryl methyl sites for hydroxylation is 1. The van der Waals surface area contributed by atoms with Crippen LogP contribution in [0.5, 0.6) is 5.75 Å². The third kappa shape index (κ3) is 4.76. The average Bonchev–Trinajstić information content (AvgIpc) is 3.45. The number of halogens is 2. The smallest absolute Gasteiger partial charge is 0.410 e. The highest BCUT2D eigenvalue weighted by Crippen LogP contribution is 2.33. The Kier molecular flexibility index (Phi) is 6.42. The molecule has 1 amide bonds. The van der Waals surface area contributed by atoms with Gasteiger partial charge in [0.1, 0.15) is 16.6 Å². The van der Waals surface area contributed by atoms with Gasteiger partial charge in [0.2, 0.25) is 0 Å². The quantitative estimate of drug-likeness (QED) is 0.424. The maximum Gasteiger partial charge on any atom is 0.413 e. The van der Waals surface area contributed by atoms with Crippen LogP contribution in [0.4, 0.5) is 9.18 Å². The largest absolute Gasteiger partial charge is 0.413 e. The lowest BCUT2D eigenvalue weighted by Gasteiger charge is -2.14. The number of thiazole rings is 1. The summed E-state index contributed by atoms with van der Waals surface area (Å²) in [5, 5.41) is 17.3. The van der Waals surface area contributed by atoms with E-state index in [1.165, 1.54) is 23.5 Å². The van der Waals surface area contributed by atoms with Gasteiger partial charge in [0.25, 0.3) is 0 Å². The Balaban J connectivity index is 1.69. The van der Waals surface area contributed by atoms with Gasteiger partial charge >= 0.3 is 6.09 Å². The van der Waals surface area contributed by atoms with E-state index in [1.807, 2.05) is 19.2 Å². The number of rotatable bonds is 6. The van der Waals surface area contributed by atoms with E-state index in [-0.39, 0.29) is 16.8 Å². The fourth-order valence-electron chi connectivity index (χ4n) is 3.09. The highest BCUT2D eigenvalue weighted by Gasteiger charge is 2.17. The molecule has 164 valence electrons. The Bertz CT molecular complexity index is 1250. The summed E-state index contributed by atoms with van der Waals surface area (Å²) in [5.41, 5.74) is 1.75. The zero-order chi connectivity index (χ0) is 22.7. The number of ether oxygens (including phenoxy) is 1. The Hall–Kier alpha value is -3.37. The molecule has 4 aromatic rings. The van der Waals surface area contributed by atoms with Gasteiger partial charge < -0.3 is 10.1 Å². The van der Waals surface area contributed by atoms with Gasteiger partial charge in [0, 0.05) is 29.6 Å². The van der Waals surface area contributed by atoms with Gasteiger partial charge in [-0.05, 0) is 53.2 Å². The van der Waals surface area contributed by atoms with E-state index in [4.69, 9.17) is 16.3 Å². The molecule has 1 N–H and O–H groups in total. The molecular weight excluding hydrogens is 455 g/mol. The number of nitrogens with zero attached hydrogens (tertiary/aromatic N) is 5. The molecule has 11 heteroatoms. The van der Waals surface area contributed by atoms with E-state index in [1.54, 1.807) is 35.1 Å². The second-order valence-electron chi connectivity index (χ2n) is 6.83. The Morgan fingerprint density at radius 3 is 2.88 bits per heavy atom. The molecule has 0 saturated heterocycles. The highest BCUT2D eigenvalue weighted by atomic mass is 35.5. The number of benzene rings is 2. The molecule has 1 unspecified atom stereocenters. The molecule has 4 rings (SSSR count). The summed E-state index contributed by atoms with van der Waals surface area (Å²) in [6.07, 6.45) is 1.62. The minimum atomic E-state index is -0.645. The van der Waals surface area contributed by atoms with Crippen LogP contribution in [0.3, 0.4) is 0 Å². The third-order valence-corrected chi connectivity index (χ3v) is 5.87. The maximum absolute atomic E-state index is 13.6. The lowest BCUT2D eigenvalue weighted by molar-refractivity contribution is 0.197. The van der Waals surface area contributed by atoms with Crippen molar-refractivity contribution in [2.75, 3.05) is 0 Å². The predicted octanol–water partition coefficient (Wildman–Crippen LogP) is 4.99. The lowest BCUT2D eigenvalue weighted by atomic mass is 10.0. The van der Waals surface area contributed by atoms with Crippen molar-refractivity contribution in [2.24, 2.45) is 0 Å². The molecule has 0 fully saturated rings. The first-order valence-electron chi connectivity index (χ1n) is 9.70. The molecule has 2 aromatic heterocycles. The summed E-state index contributed by atoms with van der Waals surface area (Å²) in [7, 11) is 0. The number of hydrogen-bond acceptors (Lipinski definition) is 7. The van der Waals surface area contributed by atoms with Crippen LogP contribution in [-0.2, 0) is 6.42 Å². The number of tetrazole rings is 1. The van der Waals surface area contributed by atoms with Crippen LogP contribution < -0.4 is 10.1 Å². The summed E-state index contributed by atoms with van der Waals surface area (Å²) < 4.78 is 20.7. The highest BCUT2D eigenvalue weighted by molar-refractivity contribution is 7.09. The predicted molar refractivity (Wildman–Crippen MR) is 119 cm³/mol. The van der Waals surface area contributed by atoms with Gasteiger partial charge in [-0.2, -0.15) is 4.68 Å². The van der Waals surface area contributed by atoms with Gasteiger partial charge in [-0.15, -0.1) is 16.4 Å². The third-order valence-electron chi connectivity index (χ3n) is 4.60. The summed E-state index contributed by atoms with van der Waals surface area (Å²) >= 11 is 7.71. The minimum absolute atomic E-state index is 0.224. The number of nitrogens with one attached hydrogen (secondary N) is 1. The molecule has 0 aliphatic carbocycles. The van der Waals surface area contributed by atoms with Gasteiger partial charge in [0.05, 0.1) is 16.8 Å². The van der Waals surface area contributed by atoms with Crippen LogP contribution in [0.1, 0.15) is 30.7 Å². The van der Waals surface area contributed by atoms with Gasteiger partial charge in [0.15, 0.2) is 5.82 Å². The van der Waals surface area contributed by atoms with Crippen LogP contribution in [0.2, 0.25) is 5.02 Å². The molecule has 0 bridgehead atoms. The molecule has 2 heterocycles. The zero-order valence-electron chi connectivity index (χ0n) is 17.1. The molecule has 32 heavy (non-hydrogen) atoms. The number of hydrogen-bond donors (Lipinski definition) is 1. The summed E-state index contributed by atoms with van der Waals surface area (Å²) in [6, 6.07) is 8.86. The SMILES string of the molecule is CCc1nnnn1-c1cc(OC(=O)NC(C)c2nccs2)cc(-c2ccc(F)cc2Cl)c1. The van der Waals surface area contributed by atoms with Crippen molar-refractivity contribution in [3.05, 3.63) is 69.6 Å². The molecule has 0 aliphatic rings. The van der Waals surface area contributed by atoms with Crippen LogP contribution >= 0.6 is 22.9 Å². The summed E-state index contributed by atoms with van der Waals surface area (Å²) in [4.78, 5) is 16.7. The molecule has 0 aliphatic heterocycles. The van der Waals surface area contributed by atoms with Crippen molar-refractivity contribution in [3.63, 3.8) is 0 Å². The van der Waals surface area contributed by atoms with Gasteiger partial charge in [-0.3, -0.25) is 0 Å². The maximum atomic E-state index is 13.6. The molecule has 0 saturated carbocycles. The normalized spacial score (nSPS) is 11.9. The van der Waals surface area contributed by atoms with Crippen molar-refractivity contribution in [1.82, 2.24) is 30.5 Å². The van der Waals surface area contributed by atoms with Crippen molar-refractivity contribution in [3.8, 4) is 22.6 Å². The molecule has 8 nitrogen and oxygen atoms in total. The Labute approximate surface area is 192 Å². The van der Waals surface area contributed by atoms with Crippen molar-refractivity contribution >= 4 is 29.0 Å². The Morgan fingerprint density at radius 1 is 1.31 bits per heavy atom. The molecular formula is C21H18ClFN6O2S. The first-order chi connectivity index (χ1) is 15.4. The first-order valence-corrected chi connectivity index (χ1v) is 11.0. The average molecular weight is 473 g/mol. The van der Waals surface area contributed by atoms with Crippen molar-refractivity contribution in [2.45, 2.75) is 26.3 Å². The van der Waals surface area contributed by atoms with Crippen LogP contribution in [0.25, 0.3) is 16.8 Å². The van der Waals surface area contributed by atoms with E-state index in [0.717, 1.165) is 5.01 Å². The second kappa shape index (κ2) is 9.41. The number of amides is 1. The first kappa shape index (κ1) is 21.8. The second-order valence-corrected chi connectivity index (χ2v) is 8.16. The molecule has 2 aromatic carbocycles. The number of carbonyl (C=O) groups excluding carboxylic acids is 1.